The molecule has 0 radical (unpaired) electrons. The van der Waals surface area contributed by atoms with Crippen LogP contribution in [0.1, 0.15) is 25.2 Å². The van der Waals surface area contributed by atoms with Gasteiger partial charge in [0.25, 0.3) is 0 Å². The molecule has 1 unspecified atom stereocenters. The zero-order valence-corrected chi connectivity index (χ0v) is 11.1. The van der Waals surface area contributed by atoms with E-state index in [1.165, 1.54) is 0 Å². The number of hydrogen-bond acceptors (Lipinski definition) is 2. The largest absolute Gasteiger partial charge is 0.341 e. The summed E-state index contributed by atoms with van der Waals surface area (Å²) in [6.07, 6.45) is 0.869. The number of nitrogens with zero attached hydrogens (tertiary/aromatic N) is 1. The lowest BCUT2D eigenvalue weighted by atomic mass is 10.2. The molecule has 2 rings (SSSR count). The molecule has 0 saturated carbocycles. The minimum atomic E-state index is -0.0267. The molecule has 90 valence electrons. The van der Waals surface area contributed by atoms with Crippen molar-refractivity contribution in [1.82, 2.24) is 9.97 Å². The van der Waals surface area contributed by atoms with Crippen LogP contribution in [0.2, 0.25) is 5.02 Å². The number of nitrogens with one attached hydrogen (secondary N) is 1. The van der Waals surface area contributed by atoms with Crippen molar-refractivity contribution in [2.45, 2.75) is 19.4 Å². The molecule has 0 aliphatic carbocycles. The molecule has 3 nitrogen and oxygen atoms in total. The lowest BCUT2D eigenvalue weighted by Crippen LogP contribution is -2.10. The fourth-order valence-corrected chi connectivity index (χ4v) is 1.54. The van der Waals surface area contributed by atoms with Crippen LogP contribution < -0.4 is 5.73 Å². The van der Waals surface area contributed by atoms with Gasteiger partial charge in [-0.05, 0) is 24.6 Å². The Kier molecular flexibility index (Phi) is 6.11. The number of halogens is 3. The Morgan fingerprint density at radius 1 is 1.44 bits per heavy atom. The average molecular weight is 283 g/mol. The number of imidazole rings is 1. The molecule has 1 atom stereocenters. The highest BCUT2D eigenvalue weighted by Crippen LogP contribution is 2.19. The number of rotatable bonds is 2. The van der Waals surface area contributed by atoms with Crippen LogP contribution in [0, 0.1) is 0 Å². The van der Waals surface area contributed by atoms with E-state index >= 15 is 0 Å². The van der Waals surface area contributed by atoms with Crippen molar-refractivity contribution in [2.75, 3.05) is 0 Å². The summed E-state index contributed by atoms with van der Waals surface area (Å²) in [5.41, 5.74) is 7.72. The summed E-state index contributed by atoms with van der Waals surface area (Å²) in [6, 6.07) is 5.54. The average Bonchev–Trinajstić information content (AvgIpc) is 2.59. The minimum absolute atomic E-state index is 0. The van der Waals surface area contributed by atoms with Crippen molar-refractivity contribution in [2.24, 2.45) is 5.73 Å². The van der Waals surface area contributed by atoms with Gasteiger partial charge in [-0.15, -0.1) is 24.8 Å². The third-order valence-corrected chi connectivity index (χ3v) is 2.49. The first-order valence-electron chi connectivity index (χ1n) is 4.61. The lowest BCUT2D eigenvalue weighted by Gasteiger charge is -2.02. The van der Waals surface area contributed by atoms with E-state index in [9.17, 15) is 0 Å². The zero-order chi connectivity index (χ0) is 10.1. The number of aromatic amines is 1. The van der Waals surface area contributed by atoms with Crippen LogP contribution in [0.5, 0.6) is 0 Å². The maximum atomic E-state index is 5.87. The zero-order valence-electron chi connectivity index (χ0n) is 8.74. The Bertz CT molecular complexity index is 456. The number of fused-ring (bicyclic) bond motifs is 1. The van der Waals surface area contributed by atoms with Crippen molar-refractivity contribution in [3.63, 3.8) is 0 Å². The molecule has 1 heterocycles. The van der Waals surface area contributed by atoms with Crippen molar-refractivity contribution in [3.8, 4) is 0 Å². The summed E-state index contributed by atoms with van der Waals surface area (Å²) in [5, 5.41) is 0.706. The topological polar surface area (TPSA) is 54.7 Å². The molecule has 16 heavy (non-hydrogen) atoms. The van der Waals surface area contributed by atoms with Gasteiger partial charge in [0.15, 0.2) is 0 Å². The predicted molar refractivity (Wildman–Crippen MR) is 72.8 cm³/mol. The highest BCUT2D eigenvalue weighted by molar-refractivity contribution is 6.31. The maximum absolute atomic E-state index is 5.87. The van der Waals surface area contributed by atoms with E-state index in [2.05, 4.69) is 9.97 Å². The van der Waals surface area contributed by atoms with E-state index in [-0.39, 0.29) is 30.9 Å². The second-order valence-corrected chi connectivity index (χ2v) is 3.73. The predicted octanol–water partition coefficient (Wildman–Crippen LogP) is 3.47. The fraction of sp³-hybridized carbons (Fsp3) is 0.300. The van der Waals surface area contributed by atoms with Crippen LogP contribution in [0.3, 0.4) is 0 Å². The lowest BCUT2D eigenvalue weighted by molar-refractivity contribution is 0.660. The molecule has 0 spiro atoms. The van der Waals surface area contributed by atoms with Crippen LogP contribution in [-0.2, 0) is 0 Å². The Morgan fingerprint density at radius 3 is 2.75 bits per heavy atom. The molecular weight excluding hydrogens is 268 g/mol. The Labute approximate surface area is 112 Å². The minimum Gasteiger partial charge on any atom is -0.341 e. The van der Waals surface area contributed by atoms with Crippen LogP contribution >= 0.6 is 36.4 Å². The molecule has 2 aromatic rings. The molecule has 0 aliphatic heterocycles. The van der Waals surface area contributed by atoms with E-state index in [0.717, 1.165) is 23.3 Å². The first-order valence-corrected chi connectivity index (χ1v) is 4.99. The maximum Gasteiger partial charge on any atom is 0.124 e. The van der Waals surface area contributed by atoms with Crippen LogP contribution in [0.15, 0.2) is 18.2 Å². The normalized spacial score (nSPS) is 11.7. The molecule has 0 fully saturated rings. The molecule has 1 aromatic carbocycles. The van der Waals surface area contributed by atoms with Gasteiger partial charge in [-0.1, -0.05) is 18.5 Å². The van der Waals surface area contributed by atoms with Gasteiger partial charge in [-0.3, -0.25) is 0 Å². The first kappa shape index (κ1) is 15.5. The Morgan fingerprint density at radius 2 is 2.12 bits per heavy atom. The van der Waals surface area contributed by atoms with E-state index in [1.54, 1.807) is 0 Å². The number of H-pyrrole nitrogens is 1. The van der Waals surface area contributed by atoms with Gasteiger partial charge < -0.3 is 10.7 Å². The monoisotopic (exact) mass is 281 g/mol. The summed E-state index contributed by atoms with van der Waals surface area (Å²) < 4.78 is 0. The van der Waals surface area contributed by atoms with E-state index in [1.807, 2.05) is 25.1 Å². The van der Waals surface area contributed by atoms with Crippen molar-refractivity contribution < 1.29 is 0 Å². The van der Waals surface area contributed by atoms with Crippen LogP contribution in [0.4, 0.5) is 0 Å². The van der Waals surface area contributed by atoms with Gasteiger partial charge in [-0.2, -0.15) is 0 Å². The summed E-state index contributed by atoms with van der Waals surface area (Å²) in [4.78, 5) is 7.55. The van der Waals surface area contributed by atoms with Gasteiger partial charge in [-0.25, -0.2) is 4.98 Å². The quantitative estimate of drug-likeness (QED) is 0.886. The van der Waals surface area contributed by atoms with Crippen LogP contribution in [0.25, 0.3) is 11.0 Å². The molecule has 6 heteroatoms. The summed E-state index contributed by atoms with van der Waals surface area (Å²) in [6.45, 7) is 2.03. The molecule has 0 aliphatic rings. The smallest absolute Gasteiger partial charge is 0.124 e. The van der Waals surface area contributed by atoms with E-state index in [0.29, 0.717) is 5.02 Å². The Balaban J connectivity index is 0.00000112. The first-order chi connectivity index (χ1) is 6.70. The number of aromatic nitrogens is 2. The van der Waals surface area contributed by atoms with Crippen LogP contribution in [-0.4, -0.2) is 9.97 Å². The summed E-state index contributed by atoms with van der Waals surface area (Å²) >= 11 is 5.86. The standard InChI is InChI=1S/C10H12ClN3.2ClH/c1-2-7(12)10-13-8-4-3-6(11)5-9(8)14-10;;/h3-5,7H,2,12H2,1H3,(H,13,14);2*1H. The molecule has 0 amide bonds. The summed E-state index contributed by atoms with van der Waals surface area (Å²) in [7, 11) is 0. The van der Waals surface area contributed by atoms with Gasteiger partial charge in [0, 0.05) is 5.02 Å². The van der Waals surface area contributed by atoms with Crippen molar-refractivity contribution in [3.05, 3.63) is 29.0 Å². The third-order valence-electron chi connectivity index (χ3n) is 2.25. The number of hydrogen-bond donors (Lipinski definition) is 2. The SMILES string of the molecule is CCC(N)c1nc2ccc(Cl)cc2[nH]1.Cl.Cl. The van der Waals surface area contributed by atoms with E-state index < -0.39 is 0 Å². The van der Waals surface area contributed by atoms with Gasteiger partial charge in [0.1, 0.15) is 5.82 Å². The van der Waals surface area contributed by atoms with Crippen molar-refractivity contribution in [1.29, 1.82) is 0 Å². The molecule has 1 aromatic heterocycles. The highest BCUT2D eigenvalue weighted by Gasteiger charge is 2.08. The fourth-order valence-electron chi connectivity index (χ4n) is 1.37. The second-order valence-electron chi connectivity index (χ2n) is 3.30. The number of benzene rings is 1. The van der Waals surface area contributed by atoms with Gasteiger partial charge >= 0.3 is 0 Å². The molecule has 0 bridgehead atoms. The van der Waals surface area contributed by atoms with Gasteiger partial charge in [0.05, 0.1) is 17.1 Å². The molecular formula is C10H14Cl3N3. The highest BCUT2D eigenvalue weighted by atomic mass is 35.5. The third kappa shape index (κ3) is 3.01. The van der Waals surface area contributed by atoms with E-state index in [4.69, 9.17) is 17.3 Å². The van der Waals surface area contributed by atoms with Gasteiger partial charge in [0.2, 0.25) is 0 Å². The molecule has 0 saturated heterocycles. The summed E-state index contributed by atoms with van der Waals surface area (Å²) in [5.74, 6) is 0.824. The number of nitrogens with two attached hydrogens (primary N) is 1. The second kappa shape index (κ2) is 6.30. The molecule has 3 N–H and O–H groups in total. The Hall–Kier alpha value is -0.480. The van der Waals surface area contributed by atoms with Crippen molar-refractivity contribution >= 4 is 47.4 Å².